The monoisotopic (exact) mass is 313 g/mol. The van der Waals surface area contributed by atoms with E-state index in [9.17, 15) is 30.2 Å². The van der Waals surface area contributed by atoms with E-state index in [0.29, 0.717) is 0 Å². The molecule has 0 bridgehead atoms. The maximum absolute atomic E-state index is 11.9. The molecule has 0 unspecified atom stereocenters. The molecule has 2 rings (SSSR count). The van der Waals surface area contributed by atoms with Crippen LogP contribution in [0.25, 0.3) is 0 Å². The SMILES string of the molecule is C[C@H]1O[C@H](OC(=O)c2ccc([N+](=O)[O-])cc2)[C@H](O)[C@@H](O)[C@H]1O. The number of aliphatic hydroxyl groups is 3. The first kappa shape index (κ1) is 16.3. The van der Waals surface area contributed by atoms with Crippen molar-refractivity contribution in [2.45, 2.75) is 37.6 Å². The van der Waals surface area contributed by atoms with Crippen molar-refractivity contribution in [3.05, 3.63) is 39.9 Å². The molecular formula is C13H15NO8. The fourth-order valence-electron chi connectivity index (χ4n) is 2.00. The normalized spacial score (nSPS) is 31.5. The second kappa shape index (κ2) is 6.36. The largest absolute Gasteiger partial charge is 0.429 e. The number of nitro benzene ring substituents is 1. The zero-order chi connectivity index (χ0) is 16.4. The van der Waals surface area contributed by atoms with Gasteiger partial charge in [0.15, 0.2) is 0 Å². The van der Waals surface area contributed by atoms with Gasteiger partial charge in [-0.05, 0) is 19.1 Å². The molecule has 9 heteroatoms. The van der Waals surface area contributed by atoms with Crippen molar-refractivity contribution in [2.24, 2.45) is 0 Å². The summed E-state index contributed by atoms with van der Waals surface area (Å²) in [5.41, 5.74) is -0.160. The lowest BCUT2D eigenvalue weighted by molar-refractivity contribution is -0.384. The van der Waals surface area contributed by atoms with Crippen LogP contribution in [0.3, 0.4) is 0 Å². The van der Waals surface area contributed by atoms with Crippen molar-refractivity contribution in [3.8, 4) is 0 Å². The number of hydrogen-bond donors (Lipinski definition) is 3. The Morgan fingerprint density at radius 3 is 2.32 bits per heavy atom. The molecule has 1 aromatic rings. The summed E-state index contributed by atoms with van der Waals surface area (Å²) in [6.45, 7) is 1.45. The van der Waals surface area contributed by atoms with Crippen molar-refractivity contribution >= 4 is 11.7 Å². The zero-order valence-corrected chi connectivity index (χ0v) is 11.5. The van der Waals surface area contributed by atoms with E-state index >= 15 is 0 Å². The molecule has 1 fully saturated rings. The highest BCUT2D eigenvalue weighted by Gasteiger charge is 2.43. The maximum atomic E-state index is 11.9. The topological polar surface area (TPSA) is 139 Å². The first-order valence-corrected chi connectivity index (χ1v) is 6.46. The highest BCUT2D eigenvalue weighted by atomic mass is 16.7. The average molecular weight is 313 g/mol. The number of aliphatic hydroxyl groups excluding tert-OH is 3. The molecule has 0 spiro atoms. The van der Waals surface area contributed by atoms with Crippen LogP contribution >= 0.6 is 0 Å². The van der Waals surface area contributed by atoms with Gasteiger partial charge in [0.2, 0.25) is 6.29 Å². The van der Waals surface area contributed by atoms with Crippen molar-refractivity contribution in [2.75, 3.05) is 0 Å². The fraction of sp³-hybridized carbons (Fsp3) is 0.462. The predicted molar refractivity (Wildman–Crippen MR) is 70.9 cm³/mol. The third-order valence-corrected chi connectivity index (χ3v) is 3.35. The number of carbonyl (C=O) groups is 1. The van der Waals surface area contributed by atoms with Crippen LogP contribution in [0.1, 0.15) is 17.3 Å². The van der Waals surface area contributed by atoms with E-state index < -0.39 is 41.6 Å². The second-order valence-electron chi connectivity index (χ2n) is 4.89. The Bertz CT molecular complexity index is 560. The summed E-state index contributed by atoms with van der Waals surface area (Å²) in [6, 6.07) is 4.67. The van der Waals surface area contributed by atoms with Crippen molar-refractivity contribution < 1.29 is 34.5 Å². The van der Waals surface area contributed by atoms with E-state index in [2.05, 4.69) is 0 Å². The Labute approximate surface area is 124 Å². The molecule has 1 heterocycles. The molecular weight excluding hydrogens is 298 g/mol. The van der Waals surface area contributed by atoms with Gasteiger partial charge in [-0.25, -0.2) is 4.79 Å². The lowest BCUT2D eigenvalue weighted by atomic mass is 10.00. The van der Waals surface area contributed by atoms with Gasteiger partial charge in [0.25, 0.3) is 5.69 Å². The first-order valence-electron chi connectivity index (χ1n) is 6.46. The molecule has 1 saturated heterocycles. The van der Waals surface area contributed by atoms with Crippen LogP contribution in [0, 0.1) is 10.1 Å². The molecule has 0 amide bonds. The van der Waals surface area contributed by atoms with Gasteiger partial charge in [0.05, 0.1) is 16.6 Å². The number of nitrogens with zero attached hydrogens (tertiary/aromatic N) is 1. The van der Waals surface area contributed by atoms with Gasteiger partial charge in [-0.15, -0.1) is 0 Å². The number of esters is 1. The van der Waals surface area contributed by atoms with Crippen molar-refractivity contribution in [1.82, 2.24) is 0 Å². The minimum atomic E-state index is -1.60. The minimum Gasteiger partial charge on any atom is -0.429 e. The quantitative estimate of drug-likeness (QED) is 0.388. The van der Waals surface area contributed by atoms with E-state index in [4.69, 9.17) is 9.47 Å². The van der Waals surface area contributed by atoms with E-state index in [1.54, 1.807) is 0 Å². The Balaban J connectivity index is 2.06. The molecule has 5 atom stereocenters. The minimum absolute atomic E-state index is 0.0228. The lowest BCUT2D eigenvalue weighted by Crippen LogP contribution is -2.57. The Hall–Kier alpha value is -2.07. The second-order valence-corrected chi connectivity index (χ2v) is 4.89. The number of benzene rings is 1. The van der Waals surface area contributed by atoms with Gasteiger partial charge in [-0.1, -0.05) is 0 Å². The summed E-state index contributed by atoms with van der Waals surface area (Å²) in [5.74, 6) is -0.880. The van der Waals surface area contributed by atoms with Gasteiger partial charge >= 0.3 is 5.97 Å². The van der Waals surface area contributed by atoms with Gasteiger partial charge in [0.1, 0.15) is 18.3 Å². The summed E-state index contributed by atoms with van der Waals surface area (Å²) in [7, 11) is 0. The average Bonchev–Trinajstić information content (AvgIpc) is 2.50. The predicted octanol–water partition coefficient (Wildman–Crippen LogP) is -0.421. The molecule has 0 saturated carbocycles. The highest BCUT2D eigenvalue weighted by Crippen LogP contribution is 2.23. The molecule has 9 nitrogen and oxygen atoms in total. The Morgan fingerprint density at radius 1 is 1.18 bits per heavy atom. The third-order valence-electron chi connectivity index (χ3n) is 3.35. The van der Waals surface area contributed by atoms with Crippen LogP contribution in [-0.4, -0.2) is 56.9 Å². The van der Waals surface area contributed by atoms with E-state index in [1.165, 1.54) is 19.1 Å². The molecule has 3 N–H and O–H groups in total. The van der Waals surface area contributed by atoms with Gasteiger partial charge in [0, 0.05) is 12.1 Å². The standard InChI is InChI=1S/C13H15NO8/c1-6-9(15)10(16)11(17)13(21-6)22-12(18)7-2-4-8(5-3-7)14(19)20/h2-6,9-11,13,15-17H,1H3/t6-,9+,10+,11-,13-/m1/s1. The van der Waals surface area contributed by atoms with Crippen LogP contribution in [0.2, 0.25) is 0 Å². The zero-order valence-electron chi connectivity index (χ0n) is 11.5. The van der Waals surface area contributed by atoms with Gasteiger partial charge in [-0.2, -0.15) is 0 Å². The number of nitro groups is 1. The van der Waals surface area contributed by atoms with Crippen molar-refractivity contribution in [3.63, 3.8) is 0 Å². The maximum Gasteiger partial charge on any atom is 0.340 e. The van der Waals surface area contributed by atoms with Gasteiger partial charge < -0.3 is 24.8 Å². The Kier molecular flexibility index (Phi) is 4.71. The smallest absolute Gasteiger partial charge is 0.340 e. The van der Waals surface area contributed by atoms with E-state index in [1.807, 2.05) is 0 Å². The third kappa shape index (κ3) is 3.22. The van der Waals surface area contributed by atoms with Crippen LogP contribution < -0.4 is 0 Å². The summed E-state index contributed by atoms with van der Waals surface area (Å²) < 4.78 is 10.1. The summed E-state index contributed by atoms with van der Waals surface area (Å²) >= 11 is 0. The highest BCUT2D eigenvalue weighted by molar-refractivity contribution is 5.89. The summed E-state index contributed by atoms with van der Waals surface area (Å²) in [4.78, 5) is 21.8. The van der Waals surface area contributed by atoms with Crippen LogP contribution in [0.4, 0.5) is 5.69 Å². The molecule has 22 heavy (non-hydrogen) atoms. The van der Waals surface area contributed by atoms with Crippen molar-refractivity contribution in [1.29, 1.82) is 0 Å². The number of rotatable bonds is 3. The number of hydrogen-bond acceptors (Lipinski definition) is 8. The number of non-ortho nitro benzene ring substituents is 1. The van der Waals surface area contributed by atoms with Crippen LogP contribution in [0.5, 0.6) is 0 Å². The molecule has 0 aliphatic carbocycles. The lowest BCUT2D eigenvalue weighted by Gasteiger charge is -2.38. The first-order chi connectivity index (χ1) is 10.3. The van der Waals surface area contributed by atoms with Gasteiger partial charge in [-0.3, -0.25) is 10.1 Å². The molecule has 0 radical (unpaired) electrons. The van der Waals surface area contributed by atoms with Crippen LogP contribution in [-0.2, 0) is 9.47 Å². The molecule has 1 aliphatic rings. The summed E-state index contributed by atoms with van der Waals surface area (Å²) in [6.07, 6.45) is -6.71. The molecule has 1 aromatic carbocycles. The van der Waals surface area contributed by atoms with E-state index in [0.717, 1.165) is 12.1 Å². The molecule has 120 valence electrons. The molecule has 0 aromatic heterocycles. The number of carbonyl (C=O) groups excluding carboxylic acids is 1. The fourth-order valence-corrected chi connectivity index (χ4v) is 2.00. The van der Waals surface area contributed by atoms with E-state index in [-0.39, 0.29) is 11.3 Å². The van der Waals surface area contributed by atoms with Crippen LogP contribution in [0.15, 0.2) is 24.3 Å². The summed E-state index contributed by atoms with van der Waals surface area (Å²) in [5, 5.41) is 39.4. The Morgan fingerprint density at radius 2 is 1.77 bits per heavy atom. The number of ether oxygens (including phenoxy) is 2. The molecule has 1 aliphatic heterocycles.